The normalized spacial score (nSPS) is 14.0. The number of carbonyl (C=O) groups excluding carboxylic acids is 1. The molecule has 2 heterocycles. The van der Waals surface area contributed by atoms with E-state index < -0.39 is 0 Å². The van der Waals surface area contributed by atoms with E-state index in [2.05, 4.69) is 27.6 Å². The second-order valence-corrected chi connectivity index (χ2v) is 8.54. The average molecular weight is 479 g/mol. The molecular weight excluding hydrogens is 447 g/mol. The lowest BCUT2D eigenvalue weighted by molar-refractivity contribution is 0.0392. The second-order valence-electron chi connectivity index (χ2n) is 8.54. The van der Waals surface area contributed by atoms with Crippen LogP contribution in [0.4, 0.5) is 15.9 Å². The number of ether oxygens (including phenoxy) is 2. The van der Waals surface area contributed by atoms with Crippen molar-refractivity contribution in [3.63, 3.8) is 0 Å². The van der Waals surface area contributed by atoms with Crippen molar-refractivity contribution in [2.24, 2.45) is 0 Å². The average Bonchev–Trinajstić information content (AvgIpc) is 2.88. The van der Waals surface area contributed by atoms with Gasteiger partial charge in [-0.2, -0.15) is 0 Å². The van der Waals surface area contributed by atoms with Crippen molar-refractivity contribution >= 4 is 17.4 Å². The topological polar surface area (TPSA) is 75.7 Å². The highest BCUT2D eigenvalue weighted by atomic mass is 19.1. The van der Waals surface area contributed by atoms with Gasteiger partial charge in [0, 0.05) is 44.2 Å². The molecule has 4 rings (SSSR count). The van der Waals surface area contributed by atoms with E-state index in [0.29, 0.717) is 36.3 Å². The lowest BCUT2D eigenvalue weighted by Gasteiger charge is -2.31. The van der Waals surface area contributed by atoms with Crippen LogP contribution in [-0.2, 0) is 11.3 Å². The number of nitrogens with one attached hydrogen (secondary N) is 2. The monoisotopic (exact) mass is 478 g/mol. The van der Waals surface area contributed by atoms with Crippen molar-refractivity contribution in [2.75, 3.05) is 38.7 Å². The van der Waals surface area contributed by atoms with Gasteiger partial charge in [0.15, 0.2) is 0 Å². The summed E-state index contributed by atoms with van der Waals surface area (Å²) in [6.45, 7) is 3.42. The maximum atomic E-state index is 13.5. The molecule has 0 aliphatic carbocycles. The van der Waals surface area contributed by atoms with Gasteiger partial charge >= 0.3 is 0 Å². The quantitative estimate of drug-likeness (QED) is 0.450. The van der Waals surface area contributed by atoms with Gasteiger partial charge in [-0.3, -0.25) is 9.69 Å². The first-order valence-electron chi connectivity index (χ1n) is 11.8. The Hall–Kier alpha value is -3.49. The lowest BCUT2D eigenvalue weighted by Crippen LogP contribution is -2.38. The zero-order valence-corrected chi connectivity index (χ0v) is 19.9. The molecule has 1 amide bonds. The Morgan fingerprint density at radius 2 is 1.97 bits per heavy atom. The highest BCUT2D eigenvalue weighted by Crippen LogP contribution is 2.20. The zero-order valence-electron chi connectivity index (χ0n) is 19.9. The van der Waals surface area contributed by atoms with E-state index in [1.54, 1.807) is 30.5 Å². The molecule has 7 nitrogen and oxygen atoms in total. The largest absolute Gasteiger partial charge is 0.492 e. The van der Waals surface area contributed by atoms with Crippen LogP contribution in [0.3, 0.4) is 0 Å². The van der Waals surface area contributed by atoms with Gasteiger partial charge in [-0.25, -0.2) is 9.37 Å². The number of hydrogen-bond donors (Lipinski definition) is 2. The molecule has 0 unspecified atom stereocenters. The van der Waals surface area contributed by atoms with Crippen molar-refractivity contribution < 1.29 is 18.7 Å². The molecule has 1 aliphatic rings. The maximum Gasteiger partial charge on any atom is 0.255 e. The summed E-state index contributed by atoms with van der Waals surface area (Å²) in [4.78, 5) is 19.4. The third-order valence-corrected chi connectivity index (χ3v) is 6.02. The molecule has 0 atom stereocenters. The summed E-state index contributed by atoms with van der Waals surface area (Å²) in [6, 6.07) is 17.6. The van der Waals surface area contributed by atoms with Crippen molar-refractivity contribution in [1.82, 2.24) is 15.2 Å². The summed E-state index contributed by atoms with van der Waals surface area (Å²) in [7, 11) is 2.13. The fourth-order valence-electron chi connectivity index (χ4n) is 4.03. The summed E-state index contributed by atoms with van der Waals surface area (Å²) in [5, 5.41) is 5.94. The third-order valence-electron chi connectivity index (χ3n) is 6.02. The predicted octanol–water partition coefficient (Wildman–Crippen LogP) is 4.38. The van der Waals surface area contributed by atoms with Gasteiger partial charge in [-0.05, 0) is 67.9 Å². The molecule has 1 aromatic heterocycles. The van der Waals surface area contributed by atoms with E-state index in [9.17, 15) is 9.18 Å². The van der Waals surface area contributed by atoms with E-state index in [1.165, 1.54) is 12.1 Å². The molecular formula is C27H31FN4O3. The van der Waals surface area contributed by atoms with Gasteiger partial charge in [0.05, 0.1) is 5.56 Å². The summed E-state index contributed by atoms with van der Waals surface area (Å²) in [5.74, 6) is 0.490. The molecule has 2 N–H and O–H groups in total. The fourth-order valence-corrected chi connectivity index (χ4v) is 4.03. The Morgan fingerprint density at radius 1 is 1.14 bits per heavy atom. The highest BCUT2D eigenvalue weighted by molar-refractivity contribution is 5.99. The minimum Gasteiger partial charge on any atom is -0.492 e. The number of nitrogens with zero attached hydrogens (tertiary/aromatic N) is 2. The molecule has 0 bridgehead atoms. The van der Waals surface area contributed by atoms with E-state index >= 15 is 0 Å². The molecule has 0 radical (unpaired) electrons. The number of hydrogen-bond acceptors (Lipinski definition) is 6. The van der Waals surface area contributed by atoms with E-state index in [0.717, 1.165) is 43.9 Å². The first kappa shape index (κ1) is 24.6. The molecule has 8 heteroatoms. The molecule has 0 spiro atoms. The van der Waals surface area contributed by atoms with Crippen LogP contribution in [0.5, 0.6) is 5.75 Å². The van der Waals surface area contributed by atoms with Gasteiger partial charge in [-0.1, -0.05) is 18.2 Å². The van der Waals surface area contributed by atoms with Crippen LogP contribution in [0.2, 0.25) is 0 Å². The summed E-state index contributed by atoms with van der Waals surface area (Å²) in [5.41, 5.74) is 1.82. The highest BCUT2D eigenvalue weighted by Gasteiger charge is 2.18. The van der Waals surface area contributed by atoms with Crippen molar-refractivity contribution in [1.29, 1.82) is 0 Å². The van der Waals surface area contributed by atoms with Gasteiger partial charge in [0.1, 0.15) is 24.0 Å². The molecule has 2 aromatic carbocycles. The predicted molar refractivity (Wildman–Crippen MR) is 133 cm³/mol. The van der Waals surface area contributed by atoms with Crippen LogP contribution in [0.1, 0.15) is 28.8 Å². The SMILES string of the molecule is CN(CCOc1cccc(CNC(=O)c2cccnc2Nc2cccc(F)c2)c1)C1CCOCC1. The number of halogens is 1. The van der Waals surface area contributed by atoms with Crippen molar-refractivity contribution in [3.05, 3.63) is 83.8 Å². The Balaban J connectivity index is 1.30. The maximum absolute atomic E-state index is 13.5. The molecule has 0 saturated carbocycles. The van der Waals surface area contributed by atoms with Gasteiger partial charge in [0.25, 0.3) is 5.91 Å². The van der Waals surface area contributed by atoms with Crippen LogP contribution < -0.4 is 15.4 Å². The van der Waals surface area contributed by atoms with E-state index in [-0.39, 0.29) is 11.7 Å². The van der Waals surface area contributed by atoms with Gasteiger partial charge in [-0.15, -0.1) is 0 Å². The Labute approximate surface area is 205 Å². The van der Waals surface area contributed by atoms with Crippen LogP contribution in [-0.4, -0.2) is 55.2 Å². The minimum atomic E-state index is -0.366. The van der Waals surface area contributed by atoms with Crippen molar-refractivity contribution in [3.8, 4) is 5.75 Å². The van der Waals surface area contributed by atoms with Crippen molar-refractivity contribution in [2.45, 2.75) is 25.4 Å². The number of pyridine rings is 1. The van der Waals surface area contributed by atoms with E-state index in [1.807, 2.05) is 24.3 Å². The first-order valence-corrected chi connectivity index (χ1v) is 11.8. The number of amides is 1. The molecule has 184 valence electrons. The number of rotatable bonds is 10. The number of anilines is 2. The van der Waals surface area contributed by atoms with Crippen LogP contribution >= 0.6 is 0 Å². The number of benzene rings is 2. The molecule has 1 saturated heterocycles. The van der Waals surface area contributed by atoms with Crippen LogP contribution in [0.15, 0.2) is 66.9 Å². The lowest BCUT2D eigenvalue weighted by atomic mass is 10.1. The molecule has 35 heavy (non-hydrogen) atoms. The van der Waals surface area contributed by atoms with Crippen LogP contribution in [0, 0.1) is 5.82 Å². The Morgan fingerprint density at radius 3 is 2.80 bits per heavy atom. The van der Waals surface area contributed by atoms with E-state index in [4.69, 9.17) is 9.47 Å². The Bertz CT molecular complexity index is 1120. The fraction of sp³-hybridized carbons (Fsp3) is 0.333. The number of likely N-dealkylation sites (N-methyl/N-ethyl adjacent to an activating group) is 1. The minimum absolute atomic E-state index is 0.276. The molecule has 3 aromatic rings. The Kier molecular flexibility index (Phi) is 8.64. The first-order chi connectivity index (χ1) is 17.1. The summed E-state index contributed by atoms with van der Waals surface area (Å²) in [6.07, 6.45) is 3.70. The standard InChI is InChI=1S/C27H31FN4O3/c1-32(23-10-14-34-15-11-23)13-16-35-24-8-2-5-20(17-24)19-30-27(33)25-9-4-12-29-26(25)31-22-7-3-6-21(28)18-22/h2-9,12,17-18,23H,10-11,13-16,19H2,1H3,(H,29,31)(H,30,33). The smallest absolute Gasteiger partial charge is 0.255 e. The molecule has 1 fully saturated rings. The number of aromatic nitrogens is 1. The van der Waals surface area contributed by atoms with Gasteiger partial charge in [0.2, 0.25) is 0 Å². The summed E-state index contributed by atoms with van der Waals surface area (Å²) >= 11 is 0. The van der Waals surface area contributed by atoms with Crippen LogP contribution in [0.25, 0.3) is 0 Å². The van der Waals surface area contributed by atoms with Gasteiger partial charge < -0.3 is 20.1 Å². The zero-order chi connectivity index (χ0) is 24.5. The number of carbonyl (C=O) groups is 1. The second kappa shape index (κ2) is 12.3. The third kappa shape index (κ3) is 7.24. The molecule has 1 aliphatic heterocycles. The summed E-state index contributed by atoms with van der Waals surface area (Å²) < 4.78 is 24.9.